The smallest absolute Gasteiger partial charge is 0.545 e. The van der Waals surface area contributed by atoms with Crippen LogP contribution in [0.25, 0.3) is 5.69 Å². The first-order valence-corrected chi connectivity index (χ1v) is 13.0. The molecule has 182 valence electrons. The van der Waals surface area contributed by atoms with E-state index in [2.05, 4.69) is 23.9 Å². The Balaban J connectivity index is 0.00000361. The summed E-state index contributed by atoms with van der Waals surface area (Å²) in [5, 5.41) is 11.8. The maximum Gasteiger partial charge on any atom is 1.00 e. The molecule has 0 atom stereocenters. The first-order valence-electron chi connectivity index (χ1n) is 11.5. The number of piperidine rings is 1. The van der Waals surface area contributed by atoms with Gasteiger partial charge in [-0.05, 0) is 82.1 Å². The van der Waals surface area contributed by atoms with E-state index >= 15 is 0 Å². The zero-order chi connectivity index (χ0) is 25.0. The number of benzene rings is 2. The molecule has 4 rings (SSSR count). The van der Waals surface area contributed by atoms with Crippen LogP contribution in [0.1, 0.15) is 34.3 Å². The van der Waals surface area contributed by atoms with Gasteiger partial charge in [0, 0.05) is 30.5 Å². The number of nitrogens with zero attached hydrogens (tertiary/aromatic N) is 3. The number of carbonyl (C=O) groups is 1. The summed E-state index contributed by atoms with van der Waals surface area (Å²) in [4.78, 5) is 14.2. The number of aromatic nitrogens is 1. The molecule has 0 spiro atoms. The predicted octanol–water partition coefficient (Wildman–Crippen LogP) is -0.505. The van der Waals surface area contributed by atoms with Crippen LogP contribution in [0.15, 0.2) is 71.9 Å². The van der Waals surface area contributed by atoms with Gasteiger partial charge in [0.2, 0.25) is 0 Å². The van der Waals surface area contributed by atoms with Gasteiger partial charge in [-0.3, -0.25) is 0 Å². The van der Waals surface area contributed by atoms with Gasteiger partial charge in [-0.25, -0.2) is 12.7 Å². The number of carbonyl (C=O) groups excluding carboxylic acids is 1. The molecule has 0 bridgehead atoms. The van der Waals surface area contributed by atoms with Crippen molar-refractivity contribution in [1.29, 1.82) is 0 Å². The molecule has 0 amide bonds. The van der Waals surface area contributed by atoms with Crippen molar-refractivity contribution in [3.63, 3.8) is 0 Å². The van der Waals surface area contributed by atoms with E-state index < -0.39 is 16.0 Å². The number of aromatic carboxylic acids is 1. The summed E-state index contributed by atoms with van der Waals surface area (Å²) in [7, 11) is -1.82. The third-order valence-electron chi connectivity index (χ3n) is 6.30. The molecule has 0 saturated carbocycles. The maximum atomic E-state index is 13.6. The molecule has 9 heteroatoms. The topological polar surface area (TPSA) is 85.7 Å². The molecule has 1 saturated heterocycles. The molecule has 1 aromatic heterocycles. The van der Waals surface area contributed by atoms with Crippen LogP contribution in [0.3, 0.4) is 0 Å². The second-order valence-electron chi connectivity index (χ2n) is 8.91. The average Bonchev–Trinajstić information content (AvgIpc) is 3.37. The Morgan fingerprint density at radius 1 is 1.06 bits per heavy atom. The Morgan fingerprint density at radius 3 is 2.31 bits per heavy atom. The number of aryl methyl sites for hydroxylation is 1. The van der Waals surface area contributed by atoms with Gasteiger partial charge in [-0.15, -0.1) is 0 Å². The Kier molecular flexibility index (Phi) is 9.11. The molecule has 0 unspecified atom stereocenters. The van der Waals surface area contributed by atoms with Gasteiger partial charge >= 0.3 is 18.9 Å². The van der Waals surface area contributed by atoms with Crippen LogP contribution in [0, 0.1) is 24.8 Å². The molecular formula is C27H28LiN3O4S. The van der Waals surface area contributed by atoms with E-state index in [1.807, 2.05) is 6.92 Å². The predicted molar refractivity (Wildman–Crippen MR) is 132 cm³/mol. The third kappa shape index (κ3) is 6.24. The van der Waals surface area contributed by atoms with Crippen molar-refractivity contribution in [1.82, 2.24) is 13.8 Å². The standard InChI is InChI=1S/C27H29N3O4S.Li/c1-21-8-10-24(11-9-21)35(33,34)30(20-22-12-17-28(2)18-13-22)19-14-23-6-5-7-25(27(31)32)26(23)29-15-3-4-16-29;/h3-11,15-16,22H,12-13,17-18,20H2,1-2H3,(H,31,32);/q;+1/p-1. The summed E-state index contributed by atoms with van der Waals surface area (Å²) in [6.07, 6.45) is 5.19. The van der Waals surface area contributed by atoms with Gasteiger partial charge in [-0.1, -0.05) is 29.8 Å². The van der Waals surface area contributed by atoms with Crippen molar-refractivity contribution < 1.29 is 37.2 Å². The number of carboxylic acids is 1. The average molecular weight is 498 g/mol. The molecule has 1 fully saturated rings. The summed E-state index contributed by atoms with van der Waals surface area (Å²) >= 11 is 0. The van der Waals surface area contributed by atoms with Crippen molar-refractivity contribution in [2.75, 3.05) is 26.7 Å². The molecule has 36 heavy (non-hydrogen) atoms. The van der Waals surface area contributed by atoms with Crippen LogP contribution in [0.5, 0.6) is 0 Å². The van der Waals surface area contributed by atoms with Gasteiger partial charge in [0.15, 0.2) is 0 Å². The largest absolute Gasteiger partial charge is 1.00 e. The minimum absolute atomic E-state index is 0. The van der Waals surface area contributed by atoms with Crippen LogP contribution in [-0.4, -0.2) is 54.8 Å². The molecule has 0 radical (unpaired) electrons. The van der Waals surface area contributed by atoms with Crippen molar-refractivity contribution >= 4 is 16.0 Å². The van der Waals surface area contributed by atoms with E-state index in [9.17, 15) is 18.3 Å². The number of carboxylic acid groups (broad SMARTS) is 1. The van der Waals surface area contributed by atoms with Crippen molar-refractivity contribution in [3.05, 3.63) is 83.7 Å². The number of hydrogen-bond donors (Lipinski definition) is 0. The summed E-state index contributed by atoms with van der Waals surface area (Å²) in [5.41, 5.74) is 1.69. The number of para-hydroxylation sites is 1. The molecule has 0 aliphatic carbocycles. The number of hydrogen-bond acceptors (Lipinski definition) is 5. The summed E-state index contributed by atoms with van der Waals surface area (Å²) in [6.45, 7) is 3.99. The number of likely N-dealkylation sites (tertiary alicyclic amines) is 1. The number of rotatable bonds is 6. The normalized spacial score (nSPS) is 14.4. The molecule has 7 nitrogen and oxygen atoms in total. The van der Waals surface area contributed by atoms with Crippen LogP contribution >= 0.6 is 0 Å². The van der Waals surface area contributed by atoms with Crippen LogP contribution < -0.4 is 24.0 Å². The fourth-order valence-electron chi connectivity index (χ4n) is 4.21. The first-order chi connectivity index (χ1) is 16.8. The van der Waals surface area contributed by atoms with Gasteiger partial charge in [0.05, 0.1) is 22.1 Å². The second kappa shape index (κ2) is 11.9. The Hall–Kier alpha value is -2.94. The van der Waals surface area contributed by atoms with E-state index in [1.54, 1.807) is 65.5 Å². The van der Waals surface area contributed by atoms with Crippen LogP contribution in [-0.2, 0) is 10.0 Å². The zero-order valence-electron chi connectivity index (χ0n) is 20.8. The first kappa shape index (κ1) is 27.6. The number of sulfonamides is 1. The molecule has 2 heterocycles. The molecule has 1 aliphatic heterocycles. The fraction of sp³-hybridized carbons (Fsp3) is 0.296. The minimum atomic E-state index is -3.88. The van der Waals surface area contributed by atoms with Crippen molar-refractivity contribution in [2.24, 2.45) is 5.92 Å². The fourth-order valence-corrected chi connectivity index (χ4v) is 5.52. The summed E-state index contributed by atoms with van der Waals surface area (Å²) in [6, 6.07) is 17.9. The monoisotopic (exact) mass is 497 g/mol. The SMILES string of the molecule is Cc1ccc(S(=O)(=O)N(C#Cc2cccc(C(=O)[O-])c2-n2cccc2)CC2CCN(C)CC2)cc1.[Li+]. The van der Waals surface area contributed by atoms with Gasteiger partial charge in [-0.2, -0.15) is 0 Å². The zero-order valence-corrected chi connectivity index (χ0v) is 21.7. The molecular weight excluding hydrogens is 469 g/mol. The Labute approximate surface area is 225 Å². The van der Waals surface area contributed by atoms with Crippen LogP contribution in [0.2, 0.25) is 0 Å². The molecule has 3 aromatic rings. The van der Waals surface area contributed by atoms with E-state index in [-0.39, 0.29) is 41.8 Å². The minimum Gasteiger partial charge on any atom is -0.545 e. The summed E-state index contributed by atoms with van der Waals surface area (Å²) in [5.74, 6) is 1.81. The molecule has 0 N–H and O–H groups in total. The van der Waals surface area contributed by atoms with Crippen LogP contribution in [0.4, 0.5) is 0 Å². The Morgan fingerprint density at radius 2 is 1.69 bits per heavy atom. The third-order valence-corrected chi connectivity index (χ3v) is 7.99. The quantitative estimate of drug-likeness (QED) is 0.260. The molecule has 2 aromatic carbocycles. The van der Waals surface area contributed by atoms with E-state index in [0.29, 0.717) is 11.3 Å². The Bertz CT molecular complexity index is 1350. The van der Waals surface area contributed by atoms with Gasteiger partial charge in [0.1, 0.15) is 0 Å². The molecule has 1 aliphatic rings. The maximum absolute atomic E-state index is 13.6. The summed E-state index contributed by atoms with van der Waals surface area (Å²) < 4.78 is 30.1. The van der Waals surface area contributed by atoms with E-state index in [1.165, 1.54) is 10.4 Å². The van der Waals surface area contributed by atoms with Gasteiger partial charge < -0.3 is 19.4 Å². The van der Waals surface area contributed by atoms with Crippen molar-refractivity contribution in [3.8, 4) is 17.7 Å². The van der Waals surface area contributed by atoms with E-state index in [0.717, 1.165) is 31.5 Å². The second-order valence-corrected chi connectivity index (χ2v) is 10.8. The van der Waals surface area contributed by atoms with Crippen molar-refractivity contribution in [2.45, 2.75) is 24.7 Å². The van der Waals surface area contributed by atoms with Gasteiger partial charge in [0.25, 0.3) is 10.0 Å². The van der Waals surface area contributed by atoms with E-state index in [4.69, 9.17) is 0 Å².